The minimum Gasteiger partial charge on any atom is -0.463 e. The summed E-state index contributed by atoms with van der Waals surface area (Å²) >= 11 is 0. The molecule has 4 aliphatic rings. The average molecular weight is 259 g/mol. The van der Waals surface area contributed by atoms with Crippen LogP contribution in [0.25, 0.3) is 0 Å². The fourth-order valence-corrected chi connectivity index (χ4v) is 4.88. The van der Waals surface area contributed by atoms with Gasteiger partial charge in [0.25, 0.3) is 0 Å². The van der Waals surface area contributed by atoms with Crippen LogP contribution in [0.4, 0.5) is 5.69 Å². The van der Waals surface area contributed by atoms with Gasteiger partial charge in [0.2, 0.25) is 0 Å². The Kier molecular flexibility index (Phi) is 2.64. The zero-order chi connectivity index (χ0) is 12.8. The summed E-state index contributed by atoms with van der Waals surface area (Å²) in [4.78, 5) is 8.24. The van der Waals surface area contributed by atoms with Crippen molar-refractivity contribution in [1.29, 1.82) is 0 Å². The Hall–Kier alpha value is -1.32. The van der Waals surface area contributed by atoms with Gasteiger partial charge in [-0.05, 0) is 61.7 Å². The number of hydrogen-bond donors (Lipinski definition) is 1. The predicted octanol–water partition coefficient (Wildman–Crippen LogP) is 2.51. The molecule has 1 aromatic rings. The molecule has 0 amide bonds. The van der Waals surface area contributed by atoms with E-state index in [1.54, 1.807) is 12.4 Å². The van der Waals surface area contributed by atoms with Crippen molar-refractivity contribution >= 4 is 5.69 Å². The fraction of sp³-hybridized carbons (Fsp3) is 0.733. The summed E-state index contributed by atoms with van der Waals surface area (Å²) in [6, 6.07) is 0.475. The molecule has 2 N–H and O–H groups in total. The summed E-state index contributed by atoms with van der Waals surface area (Å²) in [5.74, 6) is 4.56. The zero-order valence-corrected chi connectivity index (χ0v) is 11.2. The van der Waals surface area contributed by atoms with Crippen LogP contribution in [0.2, 0.25) is 0 Å². The fourth-order valence-electron chi connectivity index (χ4n) is 4.88. The highest BCUT2D eigenvalue weighted by Gasteiger charge is 2.48. The van der Waals surface area contributed by atoms with Crippen LogP contribution >= 0.6 is 0 Å². The van der Waals surface area contributed by atoms with Gasteiger partial charge < -0.3 is 10.5 Å². The molecule has 4 saturated carbocycles. The van der Waals surface area contributed by atoms with Crippen molar-refractivity contribution in [1.82, 2.24) is 9.97 Å². The second-order valence-corrected chi connectivity index (χ2v) is 6.70. The molecular weight excluding hydrogens is 238 g/mol. The Labute approximate surface area is 113 Å². The lowest BCUT2D eigenvalue weighted by molar-refractivity contribution is -0.0539. The predicted molar refractivity (Wildman–Crippen MR) is 72.5 cm³/mol. The lowest BCUT2D eigenvalue weighted by atomic mass is 9.52. The highest BCUT2D eigenvalue weighted by Crippen LogP contribution is 2.56. The van der Waals surface area contributed by atoms with Crippen molar-refractivity contribution in [2.75, 3.05) is 12.3 Å². The Morgan fingerprint density at radius 1 is 1.00 bits per heavy atom. The van der Waals surface area contributed by atoms with E-state index in [9.17, 15) is 0 Å². The molecule has 4 fully saturated rings. The van der Waals surface area contributed by atoms with E-state index in [1.807, 2.05) is 0 Å². The van der Waals surface area contributed by atoms with E-state index in [-0.39, 0.29) is 0 Å². The molecule has 0 atom stereocenters. The molecule has 4 bridgehead atoms. The molecule has 4 heteroatoms. The topological polar surface area (TPSA) is 61.0 Å². The van der Waals surface area contributed by atoms with Crippen molar-refractivity contribution in [3.05, 3.63) is 12.4 Å². The van der Waals surface area contributed by atoms with Crippen LogP contribution in [0.1, 0.15) is 32.1 Å². The largest absolute Gasteiger partial charge is 0.463 e. The molecule has 0 spiro atoms. The van der Waals surface area contributed by atoms with E-state index in [0.29, 0.717) is 11.7 Å². The highest BCUT2D eigenvalue weighted by atomic mass is 16.5. The number of nitrogen functional groups attached to an aromatic ring is 1. The molecule has 19 heavy (non-hydrogen) atoms. The maximum atomic E-state index is 5.81. The van der Waals surface area contributed by atoms with Crippen molar-refractivity contribution < 1.29 is 4.74 Å². The second-order valence-electron chi connectivity index (χ2n) is 6.70. The van der Waals surface area contributed by atoms with Gasteiger partial charge in [-0.15, -0.1) is 0 Å². The Balaban J connectivity index is 1.42. The summed E-state index contributed by atoms with van der Waals surface area (Å²) in [5, 5.41) is 0. The van der Waals surface area contributed by atoms with Crippen molar-refractivity contribution in [3.8, 4) is 6.01 Å². The molecule has 0 radical (unpaired) electrons. The summed E-state index contributed by atoms with van der Waals surface area (Å²) in [6.07, 6.45) is 10.5. The van der Waals surface area contributed by atoms with Gasteiger partial charge in [-0.1, -0.05) is 0 Å². The summed E-state index contributed by atoms with van der Waals surface area (Å²) in [7, 11) is 0. The van der Waals surface area contributed by atoms with E-state index in [0.717, 1.165) is 36.2 Å². The number of ether oxygens (including phenoxy) is 1. The Bertz CT molecular complexity index is 431. The smallest absolute Gasteiger partial charge is 0.316 e. The first-order valence-corrected chi connectivity index (χ1v) is 7.48. The normalized spacial score (nSPS) is 39.5. The number of aromatic nitrogens is 2. The summed E-state index contributed by atoms with van der Waals surface area (Å²) in [6.45, 7) is 0.790. The van der Waals surface area contributed by atoms with Crippen LogP contribution in [0.15, 0.2) is 12.4 Å². The standard InChI is InChI=1S/C15H21N3O/c16-13-6-17-15(18-7-13)19-8-14-11-2-9-1-10(4-11)5-12(14)3-9/h6-7,9-12,14H,1-5,8,16H2. The quantitative estimate of drug-likeness (QED) is 0.906. The lowest BCUT2D eigenvalue weighted by Gasteiger charge is -2.54. The van der Waals surface area contributed by atoms with E-state index >= 15 is 0 Å². The van der Waals surface area contributed by atoms with Crippen LogP contribution in [0, 0.1) is 29.6 Å². The van der Waals surface area contributed by atoms with Gasteiger partial charge >= 0.3 is 6.01 Å². The highest BCUT2D eigenvalue weighted by molar-refractivity contribution is 5.30. The zero-order valence-electron chi connectivity index (χ0n) is 11.2. The van der Waals surface area contributed by atoms with Gasteiger partial charge in [-0.3, -0.25) is 0 Å². The Morgan fingerprint density at radius 2 is 1.58 bits per heavy atom. The average Bonchev–Trinajstić information content (AvgIpc) is 2.39. The number of nitrogens with zero attached hydrogens (tertiary/aromatic N) is 2. The van der Waals surface area contributed by atoms with Crippen LogP contribution < -0.4 is 10.5 Å². The van der Waals surface area contributed by atoms with Crippen LogP contribution in [0.3, 0.4) is 0 Å². The lowest BCUT2D eigenvalue weighted by Crippen LogP contribution is -2.47. The molecule has 4 aliphatic carbocycles. The third-order valence-electron chi connectivity index (χ3n) is 5.47. The van der Waals surface area contributed by atoms with Crippen LogP contribution in [0.5, 0.6) is 6.01 Å². The first-order chi connectivity index (χ1) is 9.28. The molecule has 4 nitrogen and oxygen atoms in total. The van der Waals surface area contributed by atoms with Gasteiger partial charge in [0.1, 0.15) is 0 Å². The van der Waals surface area contributed by atoms with Crippen molar-refractivity contribution in [2.24, 2.45) is 29.6 Å². The van der Waals surface area contributed by atoms with Crippen LogP contribution in [-0.4, -0.2) is 16.6 Å². The molecule has 1 aromatic heterocycles. The third-order valence-corrected chi connectivity index (χ3v) is 5.47. The van der Waals surface area contributed by atoms with E-state index in [4.69, 9.17) is 10.5 Å². The van der Waals surface area contributed by atoms with Crippen molar-refractivity contribution in [3.63, 3.8) is 0 Å². The molecule has 0 saturated heterocycles. The molecule has 0 unspecified atom stereocenters. The van der Waals surface area contributed by atoms with Crippen molar-refractivity contribution in [2.45, 2.75) is 32.1 Å². The maximum absolute atomic E-state index is 5.81. The minimum absolute atomic E-state index is 0.475. The molecule has 0 aromatic carbocycles. The molecule has 1 heterocycles. The molecule has 5 rings (SSSR count). The number of anilines is 1. The van der Waals surface area contributed by atoms with E-state index in [1.165, 1.54) is 32.1 Å². The molecular formula is C15H21N3O. The summed E-state index contributed by atoms with van der Waals surface area (Å²) < 4.78 is 5.81. The molecule has 102 valence electrons. The maximum Gasteiger partial charge on any atom is 0.316 e. The SMILES string of the molecule is Nc1cnc(OCC2C3CC4CC(C3)CC2C4)nc1. The Morgan fingerprint density at radius 3 is 2.16 bits per heavy atom. The van der Waals surface area contributed by atoms with Gasteiger partial charge in [-0.2, -0.15) is 0 Å². The van der Waals surface area contributed by atoms with Gasteiger partial charge in [-0.25, -0.2) is 9.97 Å². The second kappa shape index (κ2) is 4.36. The minimum atomic E-state index is 0.475. The number of nitrogens with two attached hydrogens (primary N) is 1. The van der Waals surface area contributed by atoms with Crippen LogP contribution in [-0.2, 0) is 0 Å². The monoisotopic (exact) mass is 259 g/mol. The summed E-state index contributed by atoms with van der Waals surface area (Å²) in [5.41, 5.74) is 6.17. The first kappa shape index (κ1) is 11.5. The molecule has 0 aliphatic heterocycles. The third kappa shape index (κ3) is 2.07. The number of hydrogen-bond acceptors (Lipinski definition) is 4. The first-order valence-electron chi connectivity index (χ1n) is 7.48. The van der Waals surface area contributed by atoms with Gasteiger partial charge in [0, 0.05) is 0 Å². The van der Waals surface area contributed by atoms with E-state index in [2.05, 4.69) is 9.97 Å². The number of rotatable bonds is 3. The van der Waals surface area contributed by atoms with Gasteiger partial charge in [0.05, 0.1) is 24.7 Å². The van der Waals surface area contributed by atoms with E-state index < -0.39 is 0 Å². The van der Waals surface area contributed by atoms with Gasteiger partial charge in [0.15, 0.2) is 0 Å².